The highest BCUT2D eigenvalue weighted by atomic mass is 32.2. The van der Waals surface area contributed by atoms with E-state index in [0.717, 1.165) is 5.56 Å². The topological polar surface area (TPSA) is 133 Å². The molecule has 0 aliphatic carbocycles. The maximum Gasteiger partial charge on any atom is 0.232 e. The zero-order valence-corrected chi connectivity index (χ0v) is 14.3. The van der Waals surface area contributed by atoms with Gasteiger partial charge in [0, 0.05) is 0 Å². The summed E-state index contributed by atoms with van der Waals surface area (Å²) in [6, 6.07) is 7.22. The van der Waals surface area contributed by atoms with Crippen molar-refractivity contribution in [2.45, 2.75) is 12.5 Å². The molecule has 1 unspecified atom stereocenters. The van der Waals surface area contributed by atoms with Crippen molar-refractivity contribution < 1.29 is 8.42 Å². The number of benzene rings is 1. The van der Waals surface area contributed by atoms with Crippen LogP contribution in [0.15, 0.2) is 30.5 Å². The number of hydrogen-bond donors (Lipinski definition) is 2. The summed E-state index contributed by atoms with van der Waals surface area (Å²) >= 11 is 0. The Morgan fingerprint density at radius 1 is 1.20 bits per heavy atom. The van der Waals surface area contributed by atoms with Gasteiger partial charge in [-0.1, -0.05) is 18.2 Å². The van der Waals surface area contributed by atoms with E-state index >= 15 is 0 Å². The highest BCUT2D eigenvalue weighted by Gasteiger charge is 2.32. The first-order valence-corrected chi connectivity index (χ1v) is 9.51. The molecule has 25 heavy (non-hydrogen) atoms. The van der Waals surface area contributed by atoms with Gasteiger partial charge in [0.15, 0.2) is 5.65 Å². The number of nitrogen functional groups attached to an aromatic ring is 2. The van der Waals surface area contributed by atoms with Crippen molar-refractivity contribution in [1.82, 2.24) is 19.7 Å². The van der Waals surface area contributed by atoms with E-state index < -0.39 is 10.0 Å². The number of aromatic nitrogens is 4. The lowest BCUT2D eigenvalue weighted by Gasteiger charge is -2.34. The molecule has 4 N–H and O–H groups in total. The summed E-state index contributed by atoms with van der Waals surface area (Å²) in [7, 11) is -3.42. The number of anilines is 3. The number of fused-ring (bicyclic) bond motifs is 2. The van der Waals surface area contributed by atoms with E-state index in [1.54, 1.807) is 10.9 Å². The molecule has 0 spiro atoms. The predicted molar refractivity (Wildman–Crippen MR) is 95.5 cm³/mol. The Balaban J connectivity index is 1.86. The maximum atomic E-state index is 12.3. The van der Waals surface area contributed by atoms with E-state index in [-0.39, 0.29) is 24.4 Å². The van der Waals surface area contributed by atoms with Gasteiger partial charge in [-0.05, 0) is 18.1 Å². The number of nitrogens with two attached hydrogens (primary N) is 2. The number of rotatable bonds is 2. The fourth-order valence-corrected chi connectivity index (χ4v) is 4.22. The van der Waals surface area contributed by atoms with Crippen LogP contribution in [0.5, 0.6) is 0 Å². The Labute approximate surface area is 144 Å². The van der Waals surface area contributed by atoms with Crippen molar-refractivity contribution in [3.05, 3.63) is 36.0 Å². The highest BCUT2D eigenvalue weighted by Crippen LogP contribution is 2.34. The van der Waals surface area contributed by atoms with Crippen molar-refractivity contribution >= 4 is 38.5 Å². The Bertz CT molecular complexity index is 1080. The van der Waals surface area contributed by atoms with Crippen molar-refractivity contribution in [2.24, 2.45) is 0 Å². The van der Waals surface area contributed by atoms with E-state index in [9.17, 15) is 8.42 Å². The lowest BCUT2D eigenvalue weighted by Crippen LogP contribution is -2.40. The third-order valence-electron chi connectivity index (χ3n) is 4.34. The summed E-state index contributed by atoms with van der Waals surface area (Å²) in [6.07, 6.45) is 3.41. The molecule has 1 atom stereocenters. The SMILES string of the molecule is CS(=O)(=O)N1CC(n2ncc3c(N)nc(N)nc32)Cc2ccccc21. The number of hydrogen-bond acceptors (Lipinski definition) is 7. The van der Waals surface area contributed by atoms with Crippen LogP contribution in [0.25, 0.3) is 11.0 Å². The van der Waals surface area contributed by atoms with Gasteiger partial charge in [0.05, 0.1) is 36.1 Å². The standard InChI is InChI=1S/C15H17N7O2S/c1-25(23,24)21-8-10(6-9-4-2-3-5-12(9)21)22-14-11(7-18-22)13(16)19-15(17)20-14/h2-5,7,10H,6,8H2,1H3,(H4,16,17,19,20). The van der Waals surface area contributed by atoms with Crippen molar-refractivity contribution in [2.75, 3.05) is 28.6 Å². The summed E-state index contributed by atoms with van der Waals surface area (Å²) in [5.74, 6) is 0.313. The third-order valence-corrected chi connectivity index (χ3v) is 5.49. The lowest BCUT2D eigenvalue weighted by atomic mass is 10.00. The van der Waals surface area contributed by atoms with Crippen LogP contribution in [-0.4, -0.2) is 41.0 Å². The second-order valence-corrected chi connectivity index (χ2v) is 7.98. The van der Waals surface area contributed by atoms with Crippen molar-refractivity contribution in [1.29, 1.82) is 0 Å². The van der Waals surface area contributed by atoms with Gasteiger partial charge in [0.2, 0.25) is 16.0 Å². The number of nitrogens with zero attached hydrogens (tertiary/aromatic N) is 5. The van der Waals surface area contributed by atoms with Crippen LogP contribution in [-0.2, 0) is 16.4 Å². The largest absolute Gasteiger partial charge is 0.383 e. The second-order valence-electron chi connectivity index (χ2n) is 6.07. The average Bonchev–Trinajstić information content (AvgIpc) is 2.97. The molecule has 0 radical (unpaired) electrons. The molecule has 0 saturated carbocycles. The summed E-state index contributed by atoms with van der Waals surface area (Å²) in [6.45, 7) is 0.260. The molecule has 1 aromatic carbocycles. The van der Waals surface area contributed by atoms with Crippen LogP contribution in [0.2, 0.25) is 0 Å². The minimum atomic E-state index is -3.42. The zero-order valence-electron chi connectivity index (χ0n) is 13.5. The molecule has 130 valence electrons. The van der Waals surface area contributed by atoms with Gasteiger partial charge in [-0.2, -0.15) is 15.1 Å². The minimum absolute atomic E-state index is 0.0583. The van der Waals surface area contributed by atoms with Crippen molar-refractivity contribution in [3.8, 4) is 0 Å². The Morgan fingerprint density at radius 3 is 2.72 bits per heavy atom. The minimum Gasteiger partial charge on any atom is -0.383 e. The maximum absolute atomic E-state index is 12.3. The first-order valence-electron chi connectivity index (χ1n) is 7.66. The van der Waals surface area contributed by atoms with E-state index in [2.05, 4.69) is 15.1 Å². The monoisotopic (exact) mass is 359 g/mol. The molecule has 1 aliphatic rings. The van der Waals surface area contributed by atoms with Crippen LogP contribution in [0.1, 0.15) is 11.6 Å². The van der Waals surface area contributed by atoms with Gasteiger partial charge in [0.1, 0.15) is 5.82 Å². The molecule has 0 fully saturated rings. The molecular weight excluding hydrogens is 342 g/mol. The van der Waals surface area contributed by atoms with E-state index in [4.69, 9.17) is 11.5 Å². The molecule has 0 saturated heterocycles. The smallest absolute Gasteiger partial charge is 0.232 e. The van der Waals surface area contributed by atoms with Gasteiger partial charge in [0.25, 0.3) is 0 Å². The Kier molecular flexibility index (Phi) is 3.32. The fourth-order valence-electron chi connectivity index (χ4n) is 3.25. The van der Waals surface area contributed by atoms with E-state index in [1.165, 1.54) is 10.6 Å². The summed E-state index contributed by atoms with van der Waals surface area (Å²) in [5.41, 5.74) is 13.7. The molecule has 1 aliphatic heterocycles. The number of para-hydroxylation sites is 1. The molecule has 3 aromatic rings. The second kappa shape index (κ2) is 5.31. The number of sulfonamides is 1. The summed E-state index contributed by atoms with van der Waals surface area (Å²) in [4.78, 5) is 8.17. The van der Waals surface area contributed by atoms with Crippen LogP contribution >= 0.6 is 0 Å². The molecule has 0 amide bonds. The summed E-state index contributed by atoms with van der Waals surface area (Å²) in [5, 5.41) is 4.96. The quantitative estimate of drug-likeness (QED) is 0.682. The molecule has 4 rings (SSSR count). The van der Waals surface area contributed by atoms with Gasteiger partial charge in [-0.25, -0.2) is 13.1 Å². The molecule has 10 heteroatoms. The summed E-state index contributed by atoms with van der Waals surface area (Å²) < 4.78 is 27.6. The van der Waals surface area contributed by atoms with Crippen LogP contribution in [0.3, 0.4) is 0 Å². The molecule has 3 heterocycles. The van der Waals surface area contributed by atoms with Gasteiger partial charge in [-0.3, -0.25) is 4.31 Å². The molecule has 0 bridgehead atoms. The molecule has 2 aromatic heterocycles. The van der Waals surface area contributed by atoms with Gasteiger partial charge < -0.3 is 11.5 Å². The molecular formula is C15H17N7O2S. The first-order chi connectivity index (χ1) is 11.8. The zero-order chi connectivity index (χ0) is 17.8. The fraction of sp³-hybridized carbons (Fsp3) is 0.267. The predicted octanol–water partition coefficient (Wildman–Crippen LogP) is 0.554. The van der Waals surface area contributed by atoms with Crippen LogP contribution in [0, 0.1) is 0 Å². The molecule has 9 nitrogen and oxygen atoms in total. The Morgan fingerprint density at radius 2 is 1.96 bits per heavy atom. The van der Waals surface area contributed by atoms with E-state index in [0.29, 0.717) is 23.1 Å². The average molecular weight is 359 g/mol. The lowest BCUT2D eigenvalue weighted by molar-refractivity contribution is 0.456. The van der Waals surface area contributed by atoms with Gasteiger partial charge in [-0.15, -0.1) is 0 Å². The highest BCUT2D eigenvalue weighted by molar-refractivity contribution is 7.92. The normalized spacial score (nSPS) is 17.6. The van der Waals surface area contributed by atoms with Gasteiger partial charge >= 0.3 is 0 Å². The Hall–Kier alpha value is -2.88. The van der Waals surface area contributed by atoms with Crippen molar-refractivity contribution in [3.63, 3.8) is 0 Å². The first kappa shape index (κ1) is 15.6. The van der Waals surface area contributed by atoms with Crippen LogP contribution < -0.4 is 15.8 Å². The van der Waals surface area contributed by atoms with E-state index in [1.807, 2.05) is 24.3 Å². The third kappa shape index (κ3) is 2.54. The van der Waals surface area contributed by atoms with Crippen LogP contribution in [0.4, 0.5) is 17.5 Å².